The van der Waals surface area contributed by atoms with Crippen molar-refractivity contribution in [1.82, 2.24) is 4.90 Å². The number of amides is 1. The molecule has 0 heterocycles. The monoisotopic (exact) mass is 239 g/mol. The largest absolute Gasteiger partial charge is 0.485 e. The highest BCUT2D eigenvalue weighted by Gasteiger charge is 2.24. The van der Waals surface area contributed by atoms with Gasteiger partial charge in [0.15, 0.2) is 0 Å². The van der Waals surface area contributed by atoms with Gasteiger partial charge in [-0.05, 0) is 26.2 Å². The molecule has 0 aromatic rings. The molecule has 0 saturated heterocycles. The maximum atomic E-state index is 11.7. The van der Waals surface area contributed by atoms with Crippen LogP contribution in [0.15, 0.2) is 12.1 Å². The van der Waals surface area contributed by atoms with Crippen LogP contribution >= 0.6 is 0 Å². The zero-order valence-corrected chi connectivity index (χ0v) is 10.4. The summed E-state index contributed by atoms with van der Waals surface area (Å²) in [5, 5.41) is 17.8. The van der Waals surface area contributed by atoms with Crippen molar-refractivity contribution in [3.05, 3.63) is 12.1 Å². The first-order valence-corrected chi connectivity index (χ1v) is 5.12. The molecule has 2 N–H and O–H groups in total. The molecule has 0 radical (unpaired) electrons. The van der Waals surface area contributed by atoms with Gasteiger partial charge in [-0.25, -0.2) is 4.79 Å². The average molecular weight is 239 g/mol. The maximum Gasteiger partial charge on any atom is 0.485 e. The lowest BCUT2D eigenvalue weighted by Crippen LogP contribution is -2.40. The molecule has 0 spiro atoms. The van der Waals surface area contributed by atoms with Crippen molar-refractivity contribution in [2.24, 2.45) is 0 Å². The van der Waals surface area contributed by atoms with Crippen LogP contribution in [-0.4, -0.2) is 46.9 Å². The predicted molar refractivity (Wildman–Crippen MR) is 66.0 cm³/mol. The Morgan fingerprint density at radius 2 is 2.06 bits per heavy atom. The predicted octanol–water partition coefficient (Wildman–Crippen LogP) is 0.425. The second-order valence-electron chi connectivity index (χ2n) is 4.57. The van der Waals surface area contributed by atoms with E-state index in [9.17, 15) is 4.79 Å². The van der Waals surface area contributed by atoms with Crippen LogP contribution in [0.4, 0.5) is 4.79 Å². The van der Waals surface area contributed by atoms with Crippen molar-refractivity contribution in [2.75, 3.05) is 13.1 Å². The standard InChI is InChI=1S/C11H18BNO4/c1-6-7-13(8-9(2)12(15)16)10(14)17-11(3,4)5/h1,15-16H,2,7-8H2,3-5H3. The molecule has 0 saturated carbocycles. The Balaban J connectivity index is 4.59. The summed E-state index contributed by atoms with van der Waals surface area (Å²) in [4.78, 5) is 12.9. The Bertz CT molecular complexity index is 327. The highest BCUT2D eigenvalue weighted by molar-refractivity contribution is 6.50. The summed E-state index contributed by atoms with van der Waals surface area (Å²) in [5.74, 6) is 2.30. The fourth-order valence-corrected chi connectivity index (χ4v) is 0.948. The number of rotatable bonds is 4. The highest BCUT2D eigenvalue weighted by Crippen LogP contribution is 2.10. The number of terminal acetylenes is 1. The van der Waals surface area contributed by atoms with Crippen molar-refractivity contribution in [3.8, 4) is 12.3 Å². The Morgan fingerprint density at radius 1 is 1.53 bits per heavy atom. The minimum atomic E-state index is -1.68. The molecule has 5 nitrogen and oxygen atoms in total. The lowest BCUT2D eigenvalue weighted by atomic mass is 9.80. The fourth-order valence-electron chi connectivity index (χ4n) is 0.948. The van der Waals surface area contributed by atoms with Crippen molar-refractivity contribution in [2.45, 2.75) is 26.4 Å². The van der Waals surface area contributed by atoms with Gasteiger partial charge < -0.3 is 14.8 Å². The molecule has 0 aromatic heterocycles. The molecule has 0 aliphatic carbocycles. The number of carbonyl (C=O) groups excluding carboxylic acids is 1. The Labute approximate surface area is 102 Å². The van der Waals surface area contributed by atoms with Gasteiger partial charge in [-0.15, -0.1) is 13.0 Å². The van der Waals surface area contributed by atoms with E-state index >= 15 is 0 Å². The summed E-state index contributed by atoms with van der Waals surface area (Å²) in [6.45, 7) is 8.59. The van der Waals surface area contributed by atoms with Crippen LogP contribution in [0.2, 0.25) is 0 Å². The summed E-state index contributed by atoms with van der Waals surface area (Å²) in [6.07, 6.45) is 4.52. The second-order valence-corrected chi connectivity index (χ2v) is 4.57. The van der Waals surface area contributed by atoms with Gasteiger partial charge in [0.2, 0.25) is 0 Å². The number of nitrogens with zero attached hydrogens (tertiary/aromatic N) is 1. The second kappa shape index (κ2) is 6.33. The molecule has 0 fully saturated rings. The average Bonchev–Trinajstić information content (AvgIpc) is 2.13. The topological polar surface area (TPSA) is 70.0 Å². The lowest BCUT2D eigenvalue weighted by Gasteiger charge is -2.26. The smallest absolute Gasteiger partial charge is 0.444 e. The van der Waals surface area contributed by atoms with Gasteiger partial charge in [-0.1, -0.05) is 5.92 Å². The van der Waals surface area contributed by atoms with Crippen LogP contribution in [0, 0.1) is 12.3 Å². The molecule has 0 rings (SSSR count). The summed E-state index contributed by atoms with van der Waals surface area (Å²) >= 11 is 0. The number of hydrogen-bond donors (Lipinski definition) is 2. The first-order chi connectivity index (χ1) is 7.67. The molecular formula is C11H18BNO4. The summed E-state index contributed by atoms with van der Waals surface area (Å²) in [7, 11) is -1.68. The maximum absolute atomic E-state index is 11.7. The minimum absolute atomic E-state index is 0.0145. The molecule has 0 atom stereocenters. The molecule has 0 aliphatic heterocycles. The Morgan fingerprint density at radius 3 is 2.41 bits per heavy atom. The van der Waals surface area contributed by atoms with Crippen LogP contribution < -0.4 is 0 Å². The third kappa shape index (κ3) is 6.66. The highest BCUT2D eigenvalue weighted by atomic mass is 16.6. The first-order valence-electron chi connectivity index (χ1n) is 5.12. The SMILES string of the molecule is C#CCN(CC(=C)B(O)O)C(=O)OC(C)(C)C. The van der Waals surface area contributed by atoms with E-state index in [0.29, 0.717) is 0 Å². The molecule has 94 valence electrons. The van der Waals surface area contributed by atoms with Gasteiger partial charge in [0.25, 0.3) is 0 Å². The number of carbonyl (C=O) groups is 1. The molecule has 0 aromatic carbocycles. The first kappa shape index (κ1) is 15.6. The van der Waals surface area contributed by atoms with E-state index in [4.69, 9.17) is 21.2 Å². The van der Waals surface area contributed by atoms with Crippen LogP contribution in [0.1, 0.15) is 20.8 Å². The molecule has 0 bridgehead atoms. The molecule has 17 heavy (non-hydrogen) atoms. The van der Waals surface area contributed by atoms with Gasteiger partial charge in [-0.3, -0.25) is 4.90 Å². The van der Waals surface area contributed by atoms with E-state index < -0.39 is 18.8 Å². The summed E-state index contributed by atoms with van der Waals surface area (Å²) in [5.41, 5.74) is -0.561. The van der Waals surface area contributed by atoms with Gasteiger partial charge in [0.05, 0.1) is 6.54 Å². The molecule has 6 heteroatoms. The van der Waals surface area contributed by atoms with Crippen molar-refractivity contribution < 1.29 is 19.6 Å². The van der Waals surface area contributed by atoms with Crippen molar-refractivity contribution >= 4 is 13.2 Å². The molecular weight excluding hydrogens is 221 g/mol. The van der Waals surface area contributed by atoms with Crippen molar-refractivity contribution in [1.29, 1.82) is 0 Å². The molecule has 0 aliphatic rings. The summed E-state index contributed by atoms with van der Waals surface area (Å²) < 4.78 is 5.12. The third-order valence-corrected chi connectivity index (χ3v) is 1.69. The Kier molecular flexibility index (Phi) is 5.79. The van der Waals surface area contributed by atoms with Crippen LogP contribution in [0.25, 0.3) is 0 Å². The number of hydrogen-bond acceptors (Lipinski definition) is 4. The van der Waals surface area contributed by atoms with E-state index in [1.807, 2.05) is 0 Å². The lowest BCUT2D eigenvalue weighted by molar-refractivity contribution is 0.0293. The number of ether oxygens (including phenoxy) is 1. The molecule has 1 amide bonds. The zero-order valence-electron chi connectivity index (χ0n) is 10.4. The van der Waals surface area contributed by atoms with E-state index in [0.717, 1.165) is 0 Å². The van der Waals surface area contributed by atoms with E-state index in [1.165, 1.54) is 4.90 Å². The van der Waals surface area contributed by atoms with Crippen molar-refractivity contribution in [3.63, 3.8) is 0 Å². The zero-order chi connectivity index (χ0) is 13.6. The van der Waals surface area contributed by atoms with E-state index in [-0.39, 0.29) is 18.6 Å². The third-order valence-electron chi connectivity index (χ3n) is 1.69. The van der Waals surface area contributed by atoms with Gasteiger partial charge >= 0.3 is 13.2 Å². The normalized spacial score (nSPS) is 10.4. The van der Waals surface area contributed by atoms with Gasteiger partial charge in [0, 0.05) is 6.54 Å². The summed E-state index contributed by atoms with van der Waals surface area (Å²) in [6, 6.07) is 0. The molecule has 0 unspecified atom stereocenters. The van der Waals surface area contributed by atoms with E-state index in [2.05, 4.69) is 12.5 Å². The van der Waals surface area contributed by atoms with Gasteiger partial charge in [-0.2, -0.15) is 0 Å². The Hall–Kier alpha value is -1.45. The fraction of sp³-hybridized carbons (Fsp3) is 0.545. The quantitative estimate of drug-likeness (QED) is 0.551. The van der Waals surface area contributed by atoms with E-state index in [1.54, 1.807) is 20.8 Å². The van der Waals surface area contributed by atoms with Crippen LogP contribution in [-0.2, 0) is 4.74 Å². The van der Waals surface area contributed by atoms with Crippen LogP contribution in [0.5, 0.6) is 0 Å². The minimum Gasteiger partial charge on any atom is -0.444 e. The van der Waals surface area contributed by atoms with Gasteiger partial charge in [0.1, 0.15) is 5.60 Å². The van der Waals surface area contributed by atoms with Crippen LogP contribution in [0.3, 0.4) is 0 Å².